The van der Waals surface area contributed by atoms with Crippen LogP contribution in [0.4, 0.5) is 5.69 Å². The van der Waals surface area contributed by atoms with Crippen LogP contribution in [0.1, 0.15) is 64.1 Å². The van der Waals surface area contributed by atoms with Crippen LogP contribution in [0.25, 0.3) is 11.5 Å². The molecule has 6 nitrogen and oxygen atoms in total. The number of carbonyl (C=O) groups is 1. The van der Waals surface area contributed by atoms with Crippen LogP contribution in [-0.2, 0) is 4.79 Å². The highest BCUT2D eigenvalue weighted by Gasteiger charge is 2.31. The lowest BCUT2D eigenvalue weighted by Crippen LogP contribution is -2.35. The third kappa shape index (κ3) is 4.45. The zero-order valence-electron chi connectivity index (χ0n) is 14.8. The maximum Gasteiger partial charge on any atom is 0.257 e. The van der Waals surface area contributed by atoms with Gasteiger partial charge in [-0.25, -0.2) is 0 Å². The predicted octanol–water partition coefficient (Wildman–Crippen LogP) is 3.88. The van der Waals surface area contributed by atoms with E-state index in [1.54, 1.807) is 12.1 Å². The van der Waals surface area contributed by atoms with Crippen molar-refractivity contribution in [2.75, 3.05) is 5.32 Å². The number of aromatic nitrogens is 2. The van der Waals surface area contributed by atoms with Crippen LogP contribution >= 0.6 is 0 Å². The highest BCUT2D eigenvalue weighted by Crippen LogP contribution is 2.31. The van der Waals surface area contributed by atoms with E-state index in [1.807, 2.05) is 26.0 Å². The average molecular weight is 343 g/mol. The standard InChI is InChI=1S/C19H25N3O3/c1-13(2)17-21-18(25-22-17)14-6-8-15(9-7-14)20-16(23)12-19(24)10-4-3-5-11-19/h6-9,13,24H,3-5,10-12H2,1-2H3,(H,20,23). The van der Waals surface area contributed by atoms with Crippen LogP contribution in [-0.4, -0.2) is 26.8 Å². The molecular weight excluding hydrogens is 318 g/mol. The van der Waals surface area contributed by atoms with Gasteiger partial charge in [-0.1, -0.05) is 38.3 Å². The van der Waals surface area contributed by atoms with Crippen molar-refractivity contribution in [2.45, 2.75) is 63.9 Å². The van der Waals surface area contributed by atoms with Crippen LogP contribution in [0.3, 0.4) is 0 Å². The first-order valence-electron chi connectivity index (χ1n) is 8.91. The molecule has 3 rings (SSSR count). The highest BCUT2D eigenvalue weighted by molar-refractivity contribution is 5.91. The van der Waals surface area contributed by atoms with Crippen molar-refractivity contribution >= 4 is 11.6 Å². The second-order valence-corrected chi connectivity index (χ2v) is 7.20. The normalized spacial score (nSPS) is 16.8. The van der Waals surface area contributed by atoms with E-state index in [9.17, 15) is 9.90 Å². The van der Waals surface area contributed by atoms with Crippen LogP contribution in [0.5, 0.6) is 0 Å². The molecule has 1 saturated carbocycles. The fourth-order valence-electron chi connectivity index (χ4n) is 3.17. The Kier molecular flexibility index (Phi) is 5.18. The van der Waals surface area contributed by atoms with Gasteiger partial charge >= 0.3 is 0 Å². The summed E-state index contributed by atoms with van der Waals surface area (Å²) in [5, 5.41) is 17.3. The molecule has 0 aliphatic heterocycles. The number of amides is 1. The number of carbonyl (C=O) groups excluding carboxylic acids is 1. The molecule has 1 amide bonds. The minimum atomic E-state index is -0.848. The molecular formula is C19H25N3O3. The lowest BCUT2D eigenvalue weighted by molar-refractivity contribution is -0.122. The zero-order chi connectivity index (χ0) is 17.9. The molecule has 0 atom stereocenters. The second-order valence-electron chi connectivity index (χ2n) is 7.20. The van der Waals surface area contributed by atoms with Gasteiger partial charge in [-0.2, -0.15) is 4.98 Å². The molecule has 1 heterocycles. The number of nitrogens with one attached hydrogen (secondary N) is 1. The zero-order valence-corrected chi connectivity index (χ0v) is 14.8. The van der Waals surface area contributed by atoms with Gasteiger partial charge in [-0.3, -0.25) is 4.79 Å². The highest BCUT2D eigenvalue weighted by atomic mass is 16.5. The Labute approximate surface area is 147 Å². The van der Waals surface area contributed by atoms with E-state index in [4.69, 9.17) is 4.52 Å². The first-order chi connectivity index (χ1) is 12.0. The van der Waals surface area contributed by atoms with Gasteiger partial charge in [0.25, 0.3) is 5.89 Å². The SMILES string of the molecule is CC(C)c1noc(-c2ccc(NC(=O)CC3(O)CCCCC3)cc2)n1. The van der Waals surface area contributed by atoms with Crippen LogP contribution < -0.4 is 5.32 Å². The van der Waals surface area contributed by atoms with Gasteiger partial charge in [-0.15, -0.1) is 0 Å². The molecule has 0 radical (unpaired) electrons. The van der Waals surface area contributed by atoms with Crippen LogP contribution in [0, 0.1) is 0 Å². The molecule has 1 aliphatic rings. The van der Waals surface area contributed by atoms with Crippen LogP contribution in [0.2, 0.25) is 0 Å². The molecule has 0 bridgehead atoms. The first kappa shape index (κ1) is 17.6. The van der Waals surface area contributed by atoms with Gasteiger partial charge in [0.1, 0.15) is 0 Å². The first-order valence-corrected chi connectivity index (χ1v) is 8.91. The van der Waals surface area contributed by atoms with Crippen molar-refractivity contribution in [3.8, 4) is 11.5 Å². The summed E-state index contributed by atoms with van der Waals surface area (Å²) in [4.78, 5) is 16.6. The summed E-state index contributed by atoms with van der Waals surface area (Å²) in [6.07, 6.45) is 4.67. The average Bonchev–Trinajstić information content (AvgIpc) is 3.06. The largest absolute Gasteiger partial charge is 0.389 e. The van der Waals surface area contributed by atoms with Gasteiger partial charge in [0.2, 0.25) is 5.91 Å². The number of hydrogen-bond donors (Lipinski definition) is 2. The summed E-state index contributed by atoms with van der Waals surface area (Å²) in [6.45, 7) is 4.01. The van der Waals surface area contributed by atoms with Crippen molar-refractivity contribution in [3.05, 3.63) is 30.1 Å². The monoisotopic (exact) mass is 343 g/mol. The number of aliphatic hydroxyl groups is 1. The number of anilines is 1. The Bertz CT molecular complexity index is 716. The molecule has 2 aromatic rings. The second kappa shape index (κ2) is 7.35. The maximum absolute atomic E-state index is 12.2. The number of hydrogen-bond acceptors (Lipinski definition) is 5. The number of nitrogens with zero attached hydrogens (tertiary/aromatic N) is 2. The van der Waals surface area contributed by atoms with E-state index < -0.39 is 5.60 Å². The molecule has 1 aromatic heterocycles. The summed E-state index contributed by atoms with van der Waals surface area (Å²) in [6, 6.07) is 7.28. The fourth-order valence-corrected chi connectivity index (χ4v) is 3.17. The summed E-state index contributed by atoms with van der Waals surface area (Å²) in [5.74, 6) is 1.20. The van der Waals surface area contributed by atoms with Crippen LogP contribution in [0.15, 0.2) is 28.8 Å². The Morgan fingerprint density at radius 2 is 1.92 bits per heavy atom. The molecule has 134 valence electrons. The Hall–Kier alpha value is -2.21. The number of benzene rings is 1. The summed E-state index contributed by atoms with van der Waals surface area (Å²) in [7, 11) is 0. The van der Waals surface area contributed by atoms with Crippen molar-refractivity contribution < 1.29 is 14.4 Å². The minimum Gasteiger partial charge on any atom is -0.389 e. The summed E-state index contributed by atoms with van der Waals surface area (Å²) >= 11 is 0. The third-order valence-electron chi connectivity index (χ3n) is 4.65. The molecule has 0 unspecified atom stereocenters. The van der Waals surface area contributed by atoms with Gasteiger partial charge < -0.3 is 14.9 Å². The Morgan fingerprint density at radius 3 is 2.52 bits per heavy atom. The van der Waals surface area contributed by atoms with E-state index >= 15 is 0 Å². The minimum absolute atomic E-state index is 0.149. The smallest absolute Gasteiger partial charge is 0.257 e. The molecule has 2 N–H and O–H groups in total. The molecule has 1 fully saturated rings. The fraction of sp³-hybridized carbons (Fsp3) is 0.526. The van der Waals surface area contributed by atoms with Crippen molar-refractivity contribution in [2.24, 2.45) is 0 Å². The van der Waals surface area contributed by atoms with E-state index in [0.717, 1.165) is 24.8 Å². The topological polar surface area (TPSA) is 88.2 Å². The molecule has 6 heteroatoms. The summed E-state index contributed by atoms with van der Waals surface area (Å²) in [5.41, 5.74) is 0.652. The molecule has 1 aliphatic carbocycles. The van der Waals surface area contributed by atoms with Crippen molar-refractivity contribution in [3.63, 3.8) is 0 Å². The molecule has 0 spiro atoms. The third-order valence-corrected chi connectivity index (χ3v) is 4.65. The number of rotatable bonds is 5. The Balaban J connectivity index is 1.61. The maximum atomic E-state index is 12.2. The van der Waals surface area contributed by atoms with Crippen molar-refractivity contribution in [1.29, 1.82) is 0 Å². The van der Waals surface area contributed by atoms with E-state index in [2.05, 4.69) is 15.5 Å². The van der Waals surface area contributed by atoms with Gasteiger partial charge in [0.05, 0.1) is 12.0 Å². The summed E-state index contributed by atoms with van der Waals surface area (Å²) < 4.78 is 5.27. The lowest BCUT2D eigenvalue weighted by Gasteiger charge is -2.31. The molecule has 25 heavy (non-hydrogen) atoms. The van der Waals surface area contributed by atoms with E-state index in [0.29, 0.717) is 30.2 Å². The Morgan fingerprint density at radius 1 is 1.24 bits per heavy atom. The lowest BCUT2D eigenvalue weighted by atomic mass is 9.82. The van der Waals surface area contributed by atoms with Crippen molar-refractivity contribution in [1.82, 2.24) is 10.1 Å². The van der Waals surface area contributed by atoms with E-state index in [-0.39, 0.29) is 18.2 Å². The predicted molar refractivity (Wildman–Crippen MR) is 95.1 cm³/mol. The molecule has 0 saturated heterocycles. The quantitative estimate of drug-likeness (QED) is 0.860. The van der Waals surface area contributed by atoms with Gasteiger partial charge in [0.15, 0.2) is 5.82 Å². The molecule has 1 aromatic carbocycles. The van der Waals surface area contributed by atoms with Gasteiger partial charge in [0, 0.05) is 17.2 Å². The van der Waals surface area contributed by atoms with Gasteiger partial charge in [-0.05, 0) is 37.1 Å². The van der Waals surface area contributed by atoms with E-state index in [1.165, 1.54) is 0 Å².